The van der Waals surface area contributed by atoms with Gasteiger partial charge < -0.3 is 20.9 Å². The Hall–Kier alpha value is -1.75. The summed E-state index contributed by atoms with van der Waals surface area (Å²) in [5.74, 6) is 0.604. The molecule has 0 aromatic heterocycles. The van der Waals surface area contributed by atoms with E-state index in [0.29, 0.717) is 29.5 Å². The number of carbonyl (C=O) groups is 1. The molecule has 0 radical (unpaired) electrons. The van der Waals surface area contributed by atoms with Gasteiger partial charge in [0.25, 0.3) is 5.91 Å². The molecule has 0 atom stereocenters. The van der Waals surface area contributed by atoms with Crippen LogP contribution in [-0.2, 0) is 0 Å². The molecular formula is C13H18N2O3. The molecule has 0 bridgehead atoms. The zero-order chi connectivity index (χ0) is 13.1. The van der Waals surface area contributed by atoms with Gasteiger partial charge in [-0.1, -0.05) is 6.07 Å². The van der Waals surface area contributed by atoms with E-state index >= 15 is 0 Å². The highest BCUT2D eigenvalue weighted by atomic mass is 16.5. The Morgan fingerprint density at radius 1 is 1.56 bits per heavy atom. The Balaban J connectivity index is 2.00. The van der Waals surface area contributed by atoms with Crippen molar-refractivity contribution in [1.82, 2.24) is 5.32 Å². The van der Waals surface area contributed by atoms with Gasteiger partial charge in [0, 0.05) is 12.2 Å². The van der Waals surface area contributed by atoms with Crippen LogP contribution in [0.4, 0.5) is 5.69 Å². The average molecular weight is 250 g/mol. The fraction of sp³-hybridized carbons (Fsp3) is 0.462. The lowest BCUT2D eigenvalue weighted by atomic mass is 9.82. The van der Waals surface area contributed by atoms with E-state index in [1.165, 1.54) is 7.11 Å². The SMILES string of the molecule is COc1cccc(N)c1C(=O)NCC1CC(O)C1. The van der Waals surface area contributed by atoms with Crippen molar-refractivity contribution in [3.05, 3.63) is 23.8 Å². The number of carbonyl (C=O) groups excluding carboxylic acids is 1. The largest absolute Gasteiger partial charge is 0.496 e. The van der Waals surface area contributed by atoms with Gasteiger partial charge in [-0.3, -0.25) is 4.79 Å². The van der Waals surface area contributed by atoms with Crippen LogP contribution < -0.4 is 15.8 Å². The third-order valence-electron chi connectivity index (χ3n) is 3.27. The fourth-order valence-electron chi connectivity index (χ4n) is 2.15. The summed E-state index contributed by atoms with van der Waals surface area (Å²) < 4.78 is 5.13. The maximum atomic E-state index is 12.0. The van der Waals surface area contributed by atoms with Crippen molar-refractivity contribution >= 4 is 11.6 Å². The average Bonchev–Trinajstić information content (AvgIpc) is 2.32. The number of aliphatic hydroxyl groups excluding tert-OH is 1. The molecule has 1 fully saturated rings. The van der Waals surface area contributed by atoms with Gasteiger partial charge in [-0.25, -0.2) is 0 Å². The Morgan fingerprint density at radius 3 is 2.89 bits per heavy atom. The maximum absolute atomic E-state index is 12.0. The minimum Gasteiger partial charge on any atom is -0.496 e. The second-order valence-electron chi connectivity index (χ2n) is 4.63. The number of nitrogens with one attached hydrogen (secondary N) is 1. The molecular weight excluding hydrogens is 232 g/mol. The van der Waals surface area contributed by atoms with Crippen LogP contribution >= 0.6 is 0 Å². The summed E-state index contributed by atoms with van der Waals surface area (Å²) in [6, 6.07) is 5.12. The monoisotopic (exact) mass is 250 g/mol. The van der Waals surface area contributed by atoms with E-state index in [2.05, 4.69) is 5.32 Å². The maximum Gasteiger partial charge on any atom is 0.257 e. The smallest absolute Gasteiger partial charge is 0.257 e. The summed E-state index contributed by atoms with van der Waals surface area (Å²) >= 11 is 0. The Bertz CT molecular complexity index is 442. The third kappa shape index (κ3) is 2.56. The summed E-state index contributed by atoms with van der Waals surface area (Å²) in [5, 5.41) is 12.0. The van der Waals surface area contributed by atoms with Gasteiger partial charge in [0.15, 0.2) is 0 Å². The molecule has 0 spiro atoms. The van der Waals surface area contributed by atoms with Crippen LogP contribution in [0, 0.1) is 5.92 Å². The van der Waals surface area contributed by atoms with E-state index < -0.39 is 0 Å². The summed E-state index contributed by atoms with van der Waals surface area (Å²) in [6.07, 6.45) is 1.30. The molecule has 0 saturated heterocycles. The first-order valence-corrected chi connectivity index (χ1v) is 6.00. The number of benzene rings is 1. The van der Waals surface area contributed by atoms with E-state index in [1.807, 2.05) is 0 Å². The molecule has 0 unspecified atom stereocenters. The number of hydrogen-bond donors (Lipinski definition) is 3. The molecule has 0 heterocycles. The molecule has 98 valence electrons. The van der Waals surface area contributed by atoms with Crippen LogP contribution in [0.5, 0.6) is 5.75 Å². The van der Waals surface area contributed by atoms with Gasteiger partial charge in [-0.15, -0.1) is 0 Å². The van der Waals surface area contributed by atoms with Crippen LogP contribution in [0.2, 0.25) is 0 Å². The zero-order valence-electron chi connectivity index (χ0n) is 10.3. The van der Waals surface area contributed by atoms with Gasteiger partial charge in [0.1, 0.15) is 11.3 Å². The Morgan fingerprint density at radius 2 is 2.28 bits per heavy atom. The summed E-state index contributed by atoms with van der Waals surface area (Å²) in [6.45, 7) is 0.563. The fourth-order valence-corrected chi connectivity index (χ4v) is 2.15. The molecule has 4 N–H and O–H groups in total. The first-order chi connectivity index (χ1) is 8.61. The highest BCUT2D eigenvalue weighted by Gasteiger charge is 2.27. The minimum absolute atomic E-state index is 0.205. The van der Waals surface area contributed by atoms with Crippen molar-refractivity contribution in [3.63, 3.8) is 0 Å². The lowest BCUT2D eigenvalue weighted by Crippen LogP contribution is -2.38. The molecule has 18 heavy (non-hydrogen) atoms. The number of nitrogens with two attached hydrogens (primary N) is 1. The number of amides is 1. The first kappa shape index (κ1) is 12.7. The molecule has 1 saturated carbocycles. The molecule has 1 aromatic rings. The summed E-state index contributed by atoms with van der Waals surface area (Å²) in [4.78, 5) is 12.0. The number of ether oxygens (including phenoxy) is 1. The van der Waals surface area contributed by atoms with Crippen LogP contribution in [0.25, 0.3) is 0 Å². The Labute approximate surface area is 106 Å². The lowest BCUT2D eigenvalue weighted by molar-refractivity contribution is 0.0420. The molecule has 1 aliphatic carbocycles. The van der Waals surface area contributed by atoms with Gasteiger partial charge in [0.05, 0.1) is 13.2 Å². The van der Waals surface area contributed by atoms with Crippen LogP contribution in [0.3, 0.4) is 0 Å². The number of rotatable bonds is 4. The number of nitrogen functional groups attached to an aromatic ring is 1. The van der Waals surface area contributed by atoms with Gasteiger partial charge in [-0.2, -0.15) is 0 Å². The second kappa shape index (κ2) is 5.27. The number of hydrogen-bond acceptors (Lipinski definition) is 4. The zero-order valence-corrected chi connectivity index (χ0v) is 10.3. The summed E-state index contributed by atoms with van der Waals surface area (Å²) in [7, 11) is 1.51. The number of methoxy groups -OCH3 is 1. The van der Waals surface area contributed by atoms with E-state index in [0.717, 1.165) is 12.8 Å². The normalized spacial score (nSPS) is 22.1. The minimum atomic E-state index is -0.230. The lowest BCUT2D eigenvalue weighted by Gasteiger charge is -2.31. The summed E-state index contributed by atoms with van der Waals surface area (Å²) in [5.41, 5.74) is 6.57. The van der Waals surface area contributed by atoms with Crippen molar-refractivity contribution in [3.8, 4) is 5.75 Å². The van der Waals surface area contributed by atoms with Crippen LogP contribution in [0.1, 0.15) is 23.2 Å². The topological polar surface area (TPSA) is 84.6 Å². The predicted molar refractivity (Wildman–Crippen MR) is 68.5 cm³/mol. The molecule has 2 rings (SSSR count). The number of aliphatic hydroxyl groups is 1. The molecule has 1 aromatic carbocycles. The molecule has 5 heteroatoms. The van der Waals surface area contributed by atoms with Crippen molar-refractivity contribution in [2.24, 2.45) is 5.92 Å². The van der Waals surface area contributed by atoms with Crippen LogP contribution in [-0.4, -0.2) is 30.8 Å². The quantitative estimate of drug-likeness (QED) is 0.689. The van der Waals surface area contributed by atoms with Crippen LogP contribution in [0.15, 0.2) is 18.2 Å². The number of anilines is 1. The molecule has 0 aliphatic heterocycles. The third-order valence-corrected chi connectivity index (χ3v) is 3.27. The van der Waals surface area contributed by atoms with Crippen molar-refractivity contribution in [2.75, 3.05) is 19.4 Å². The highest BCUT2D eigenvalue weighted by Crippen LogP contribution is 2.27. The van der Waals surface area contributed by atoms with Gasteiger partial charge >= 0.3 is 0 Å². The van der Waals surface area contributed by atoms with Gasteiger partial charge in [0.2, 0.25) is 0 Å². The second-order valence-corrected chi connectivity index (χ2v) is 4.63. The predicted octanol–water partition coefficient (Wildman–Crippen LogP) is 0.778. The van der Waals surface area contributed by atoms with Crippen molar-refractivity contribution in [1.29, 1.82) is 0 Å². The van der Waals surface area contributed by atoms with E-state index in [-0.39, 0.29) is 12.0 Å². The highest BCUT2D eigenvalue weighted by molar-refractivity contribution is 6.01. The van der Waals surface area contributed by atoms with E-state index in [1.54, 1.807) is 18.2 Å². The van der Waals surface area contributed by atoms with Crippen molar-refractivity contribution in [2.45, 2.75) is 18.9 Å². The van der Waals surface area contributed by atoms with Crippen molar-refractivity contribution < 1.29 is 14.6 Å². The standard InChI is InChI=1S/C13H18N2O3/c1-18-11-4-2-3-10(14)12(11)13(17)15-7-8-5-9(16)6-8/h2-4,8-9,16H,5-7,14H2,1H3,(H,15,17). The first-order valence-electron chi connectivity index (χ1n) is 6.00. The Kier molecular flexibility index (Phi) is 3.72. The van der Waals surface area contributed by atoms with E-state index in [4.69, 9.17) is 10.5 Å². The van der Waals surface area contributed by atoms with E-state index in [9.17, 15) is 9.90 Å². The molecule has 5 nitrogen and oxygen atoms in total. The molecule has 1 amide bonds. The molecule has 1 aliphatic rings. The van der Waals surface area contributed by atoms with Gasteiger partial charge in [-0.05, 0) is 30.9 Å².